The van der Waals surface area contributed by atoms with Crippen LogP contribution in [0.5, 0.6) is 11.8 Å². The van der Waals surface area contributed by atoms with Crippen LogP contribution in [0.1, 0.15) is 34.5 Å². The fourth-order valence-electron chi connectivity index (χ4n) is 4.90. The number of aromatic nitrogens is 3. The van der Waals surface area contributed by atoms with Crippen LogP contribution in [0.25, 0.3) is 10.9 Å². The summed E-state index contributed by atoms with van der Waals surface area (Å²) >= 11 is 0. The van der Waals surface area contributed by atoms with Gasteiger partial charge in [-0.25, -0.2) is 4.98 Å². The van der Waals surface area contributed by atoms with E-state index in [1.165, 1.54) is 22.0 Å². The van der Waals surface area contributed by atoms with Crippen LogP contribution in [0.15, 0.2) is 60.9 Å². The van der Waals surface area contributed by atoms with Gasteiger partial charge >= 0.3 is 6.01 Å². The maximum absolute atomic E-state index is 12.1. The summed E-state index contributed by atoms with van der Waals surface area (Å²) in [6, 6.07) is 17.7. The molecule has 5 rings (SSSR count). The SMILES string of the molecule is CN(C)C(=O)c1ccnc(Oc2ccc(N3CCN(CCCCc4c[nH]c5ccc(C#N)cc45)CC3)cc2)n1. The van der Waals surface area contributed by atoms with Crippen LogP contribution in [-0.2, 0) is 6.42 Å². The number of anilines is 1. The second kappa shape index (κ2) is 12.0. The Labute approximate surface area is 228 Å². The van der Waals surface area contributed by atoms with E-state index in [1.54, 1.807) is 20.2 Å². The zero-order valence-corrected chi connectivity index (χ0v) is 22.4. The van der Waals surface area contributed by atoms with E-state index in [1.807, 2.05) is 30.3 Å². The standard InChI is InChI=1S/C30H33N7O2/c1-35(2)29(38)28-12-13-32-30(34-28)39-25-9-7-24(8-10-25)37-17-15-36(16-18-37)14-4-3-5-23-21-33-27-11-6-22(20-31)19-26(23)27/h6-13,19,21,33H,3-5,14-18H2,1-2H3. The third-order valence-electron chi connectivity index (χ3n) is 7.11. The summed E-state index contributed by atoms with van der Waals surface area (Å²) in [7, 11) is 3.37. The summed E-state index contributed by atoms with van der Waals surface area (Å²) in [6.45, 7) is 5.14. The summed E-state index contributed by atoms with van der Waals surface area (Å²) in [5.41, 5.74) is 4.56. The van der Waals surface area contributed by atoms with Gasteiger partial charge in [-0.3, -0.25) is 9.69 Å². The fraction of sp³-hybridized carbons (Fsp3) is 0.333. The van der Waals surface area contributed by atoms with E-state index in [0.717, 1.165) is 63.2 Å². The molecule has 1 amide bonds. The molecule has 1 aliphatic rings. The van der Waals surface area contributed by atoms with Gasteiger partial charge in [-0.1, -0.05) is 0 Å². The lowest BCUT2D eigenvalue weighted by Crippen LogP contribution is -2.46. The first-order valence-electron chi connectivity index (χ1n) is 13.3. The molecule has 0 saturated carbocycles. The van der Waals surface area contributed by atoms with E-state index >= 15 is 0 Å². The number of benzene rings is 2. The number of nitrogens with one attached hydrogen (secondary N) is 1. The molecule has 0 radical (unpaired) electrons. The third kappa shape index (κ3) is 6.36. The maximum Gasteiger partial charge on any atom is 0.322 e. The van der Waals surface area contributed by atoms with Crippen LogP contribution in [0.3, 0.4) is 0 Å². The van der Waals surface area contributed by atoms with Gasteiger partial charge < -0.3 is 19.5 Å². The molecule has 0 unspecified atom stereocenters. The van der Waals surface area contributed by atoms with Crippen molar-refractivity contribution in [2.75, 3.05) is 51.7 Å². The van der Waals surface area contributed by atoms with Crippen molar-refractivity contribution in [3.63, 3.8) is 0 Å². The van der Waals surface area contributed by atoms with Gasteiger partial charge in [0.1, 0.15) is 11.4 Å². The number of amides is 1. The molecule has 9 heteroatoms. The van der Waals surface area contributed by atoms with Crippen molar-refractivity contribution in [2.24, 2.45) is 0 Å². The van der Waals surface area contributed by atoms with E-state index in [0.29, 0.717) is 17.0 Å². The molecule has 39 heavy (non-hydrogen) atoms. The lowest BCUT2D eigenvalue weighted by Gasteiger charge is -2.36. The first-order valence-corrected chi connectivity index (χ1v) is 13.3. The smallest absolute Gasteiger partial charge is 0.322 e. The monoisotopic (exact) mass is 523 g/mol. The zero-order valence-electron chi connectivity index (χ0n) is 22.4. The lowest BCUT2D eigenvalue weighted by atomic mass is 10.1. The number of rotatable bonds is 9. The number of unbranched alkanes of at least 4 members (excludes halogenated alkanes) is 1. The molecular weight excluding hydrogens is 490 g/mol. The molecule has 0 bridgehead atoms. The van der Waals surface area contributed by atoms with Crippen LogP contribution in [0, 0.1) is 11.3 Å². The number of nitrogens with zero attached hydrogens (tertiary/aromatic N) is 6. The van der Waals surface area contributed by atoms with Crippen molar-refractivity contribution >= 4 is 22.5 Å². The minimum Gasteiger partial charge on any atom is -0.424 e. The summed E-state index contributed by atoms with van der Waals surface area (Å²) in [5.74, 6) is 0.437. The van der Waals surface area contributed by atoms with E-state index in [9.17, 15) is 10.1 Å². The number of carbonyl (C=O) groups is 1. The molecule has 1 fully saturated rings. The minimum absolute atomic E-state index is 0.153. The maximum atomic E-state index is 12.1. The van der Waals surface area contributed by atoms with Gasteiger partial charge in [0, 0.05) is 69.3 Å². The number of carbonyl (C=O) groups excluding carboxylic acids is 1. The number of piperazine rings is 1. The zero-order chi connectivity index (χ0) is 27.2. The molecule has 2 aromatic carbocycles. The molecule has 0 aliphatic carbocycles. The Hall–Kier alpha value is -4.42. The first-order chi connectivity index (χ1) is 19.0. The van der Waals surface area contributed by atoms with Crippen molar-refractivity contribution in [3.05, 3.63) is 77.7 Å². The van der Waals surface area contributed by atoms with Crippen molar-refractivity contribution < 1.29 is 9.53 Å². The van der Waals surface area contributed by atoms with Crippen molar-refractivity contribution in [3.8, 4) is 17.8 Å². The highest BCUT2D eigenvalue weighted by atomic mass is 16.5. The van der Waals surface area contributed by atoms with Gasteiger partial charge in [0.15, 0.2) is 0 Å². The first kappa shape index (κ1) is 26.2. The topological polar surface area (TPSA) is 101 Å². The minimum atomic E-state index is -0.193. The van der Waals surface area contributed by atoms with E-state index < -0.39 is 0 Å². The average molecular weight is 524 g/mol. The summed E-state index contributed by atoms with van der Waals surface area (Å²) in [6.07, 6.45) is 6.91. The van der Waals surface area contributed by atoms with E-state index in [4.69, 9.17) is 4.74 Å². The predicted octanol–water partition coefficient (Wildman–Crippen LogP) is 4.47. The molecule has 9 nitrogen and oxygen atoms in total. The Morgan fingerprint density at radius 2 is 1.87 bits per heavy atom. The molecule has 2 aromatic heterocycles. The average Bonchev–Trinajstić information content (AvgIpc) is 3.38. The number of nitriles is 1. The highest BCUT2D eigenvalue weighted by molar-refractivity contribution is 5.91. The molecule has 0 spiro atoms. The molecule has 1 N–H and O–H groups in total. The predicted molar refractivity (Wildman–Crippen MR) is 151 cm³/mol. The molecule has 3 heterocycles. The van der Waals surface area contributed by atoms with Crippen LogP contribution in [-0.4, -0.2) is 77.5 Å². The summed E-state index contributed by atoms with van der Waals surface area (Å²) in [4.78, 5) is 30.2. The number of hydrogen-bond donors (Lipinski definition) is 1. The Bertz CT molecular complexity index is 1460. The third-order valence-corrected chi connectivity index (χ3v) is 7.11. The normalized spacial score (nSPS) is 13.8. The van der Waals surface area contributed by atoms with Gasteiger partial charge in [0.25, 0.3) is 5.91 Å². The fourth-order valence-corrected chi connectivity index (χ4v) is 4.90. The van der Waals surface area contributed by atoms with Crippen molar-refractivity contribution in [1.29, 1.82) is 5.26 Å². The van der Waals surface area contributed by atoms with Gasteiger partial charge in [0.05, 0.1) is 11.6 Å². The Balaban J connectivity index is 1.06. The lowest BCUT2D eigenvalue weighted by molar-refractivity contribution is 0.0821. The summed E-state index contributed by atoms with van der Waals surface area (Å²) < 4.78 is 5.79. The number of ether oxygens (including phenoxy) is 1. The van der Waals surface area contributed by atoms with Gasteiger partial charge in [-0.2, -0.15) is 10.2 Å². The van der Waals surface area contributed by atoms with Gasteiger partial charge in [0.2, 0.25) is 0 Å². The van der Waals surface area contributed by atoms with Crippen LogP contribution < -0.4 is 9.64 Å². The Morgan fingerprint density at radius 1 is 1.08 bits per heavy atom. The molecule has 0 atom stereocenters. The van der Waals surface area contributed by atoms with Crippen LogP contribution in [0.4, 0.5) is 5.69 Å². The second-order valence-corrected chi connectivity index (χ2v) is 9.99. The molecule has 1 saturated heterocycles. The highest BCUT2D eigenvalue weighted by Crippen LogP contribution is 2.24. The van der Waals surface area contributed by atoms with Crippen molar-refractivity contribution in [1.82, 2.24) is 24.8 Å². The molecular formula is C30H33N7O2. The molecule has 200 valence electrons. The highest BCUT2D eigenvalue weighted by Gasteiger charge is 2.17. The van der Waals surface area contributed by atoms with E-state index in [2.05, 4.69) is 49.2 Å². The van der Waals surface area contributed by atoms with Crippen LogP contribution >= 0.6 is 0 Å². The van der Waals surface area contributed by atoms with Gasteiger partial charge in [-0.05, 0) is 79.9 Å². The number of fused-ring (bicyclic) bond motifs is 1. The number of H-pyrrole nitrogens is 1. The van der Waals surface area contributed by atoms with E-state index in [-0.39, 0.29) is 11.9 Å². The summed E-state index contributed by atoms with van der Waals surface area (Å²) in [5, 5.41) is 10.4. The number of aryl methyl sites for hydroxylation is 1. The van der Waals surface area contributed by atoms with Gasteiger partial charge in [-0.15, -0.1) is 0 Å². The number of aromatic amines is 1. The Kier molecular flexibility index (Phi) is 8.04. The molecule has 1 aliphatic heterocycles. The van der Waals surface area contributed by atoms with Crippen LogP contribution in [0.2, 0.25) is 0 Å². The van der Waals surface area contributed by atoms with Crippen molar-refractivity contribution in [2.45, 2.75) is 19.3 Å². The molecule has 4 aromatic rings. The Morgan fingerprint density at radius 3 is 2.62 bits per heavy atom. The second-order valence-electron chi connectivity index (χ2n) is 9.99. The number of hydrogen-bond acceptors (Lipinski definition) is 7. The quantitative estimate of drug-likeness (QED) is 0.323. The largest absolute Gasteiger partial charge is 0.424 e.